The first-order valence-corrected chi connectivity index (χ1v) is 11.3. The Morgan fingerprint density at radius 3 is 2.61 bits per heavy atom. The predicted molar refractivity (Wildman–Crippen MR) is 141 cm³/mol. The molecule has 4 rings (SSSR count). The Labute approximate surface area is 196 Å². The molecule has 1 fully saturated rings. The first kappa shape index (κ1) is 22.7. The smallest absolute Gasteiger partial charge is 0.131 e. The molecule has 33 heavy (non-hydrogen) atoms. The van der Waals surface area contributed by atoms with Crippen LogP contribution in [0.15, 0.2) is 60.2 Å². The molecule has 0 unspecified atom stereocenters. The lowest BCUT2D eigenvalue weighted by molar-refractivity contribution is 0.312. The van der Waals surface area contributed by atoms with Crippen molar-refractivity contribution < 1.29 is 0 Å². The fraction of sp³-hybridized carbons (Fsp3) is 0.296. The van der Waals surface area contributed by atoms with E-state index in [4.69, 9.17) is 4.98 Å². The Bertz CT molecular complexity index is 1220. The number of fused-ring (bicyclic) bond motifs is 1. The number of aromatic nitrogens is 2. The number of piperazine rings is 1. The first-order valence-electron chi connectivity index (χ1n) is 11.3. The van der Waals surface area contributed by atoms with Gasteiger partial charge in [-0.25, -0.2) is 9.97 Å². The lowest BCUT2D eigenvalue weighted by Crippen LogP contribution is -2.44. The summed E-state index contributed by atoms with van der Waals surface area (Å²) in [7, 11) is 3.95. The van der Waals surface area contributed by atoms with Crippen molar-refractivity contribution in [1.29, 1.82) is 0 Å². The molecule has 3 aromatic rings. The third-order valence-corrected chi connectivity index (χ3v) is 6.13. The van der Waals surface area contributed by atoms with Gasteiger partial charge in [0.05, 0.1) is 0 Å². The van der Waals surface area contributed by atoms with Crippen molar-refractivity contribution in [3.8, 4) is 0 Å². The average Bonchev–Trinajstić information content (AvgIpc) is 2.82. The van der Waals surface area contributed by atoms with E-state index in [1.807, 2.05) is 32.3 Å². The van der Waals surface area contributed by atoms with Crippen LogP contribution < -0.4 is 10.2 Å². The highest BCUT2D eigenvalue weighted by atomic mass is 15.3. The highest BCUT2D eigenvalue weighted by Crippen LogP contribution is 2.27. The molecular formula is C27H32N6. The highest BCUT2D eigenvalue weighted by molar-refractivity contribution is 6.10. The molecule has 6 nitrogen and oxygen atoms in total. The molecule has 0 spiro atoms. The molecule has 1 aliphatic rings. The number of nitrogens with one attached hydrogen (secondary N) is 1. The van der Waals surface area contributed by atoms with Crippen LogP contribution in [0.2, 0.25) is 0 Å². The van der Waals surface area contributed by atoms with E-state index in [1.165, 1.54) is 0 Å². The van der Waals surface area contributed by atoms with E-state index in [2.05, 4.69) is 75.1 Å². The number of hydrogen-bond donors (Lipinski definition) is 1. The molecule has 0 radical (unpaired) electrons. The van der Waals surface area contributed by atoms with E-state index < -0.39 is 0 Å². The fourth-order valence-electron chi connectivity index (χ4n) is 4.17. The summed E-state index contributed by atoms with van der Waals surface area (Å²) in [6.45, 7) is 12.4. The van der Waals surface area contributed by atoms with Crippen LogP contribution in [0.3, 0.4) is 0 Å². The van der Waals surface area contributed by atoms with Gasteiger partial charge in [-0.05, 0) is 61.7 Å². The summed E-state index contributed by atoms with van der Waals surface area (Å²) < 4.78 is 0. The zero-order valence-corrected chi connectivity index (χ0v) is 20.0. The van der Waals surface area contributed by atoms with Crippen LogP contribution >= 0.6 is 0 Å². The van der Waals surface area contributed by atoms with Gasteiger partial charge in [0.1, 0.15) is 11.6 Å². The number of benzene rings is 1. The number of aryl methyl sites for hydroxylation is 1. The van der Waals surface area contributed by atoms with Crippen LogP contribution in [0.5, 0.6) is 0 Å². The van der Waals surface area contributed by atoms with Crippen molar-refractivity contribution in [3.63, 3.8) is 0 Å². The third-order valence-electron chi connectivity index (χ3n) is 6.13. The predicted octanol–water partition coefficient (Wildman–Crippen LogP) is 4.88. The summed E-state index contributed by atoms with van der Waals surface area (Å²) in [6.07, 6.45) is 5.82. The van der Waals surface area contributed by atoms with Crippen LogP contribution in [-0.2, 0) is 0 Å². The molecule has 3 heterocycles. The van der Waals surface area contributed by atoms with Crippen molar-refractivity contribution in [3.05, 3.63) is 72.1 Å². The minimum absolute atomic E-state index is 0.784. The average molecular weight is 441 g/mol. The molecule has 0 bridgehead atoms. The second-order valence-corrected chi connectivity index (χ2v) is 8.46. The number of rotatable bonds is 6. The van der Waals surface area contributed by atoms with Gasteiger partial charge in [0.15, 0.2) is 0 Å². The Morgan fingerprint density at radius 2 is 1.88 bits per heavy atom. The van der Waals surface area contributed by atoms with Gasteiger partial charge in [-0.3, -0.25) is 4.99 Å². The number of hydrogen-bond acceptors (Lipinski definition) is 6. The number of pyridine rings is 2. The van der Waals surface area contributed by atoms with Crippen LogP contribution in [0.1, 0.15) is 23.7 Å². The Kier molecular flexibility index (Phi) is 6.84. The normalized spacial score (nSPS) is 15.4. The molecule has 0 saturated carbocycles. The number of likely N-dealkylation sites (N-methyl/N-ethyl adjacent to an activating group) is 1. The zero-order chi connectivity index (χ0) is 23.4. The molecule has 1 aromatic carbocycles. The van der Waals surface area contributed by atoms with Crippen molar-refractivity contribution in [2.24, 2.45) is 4.99 Å². The van der Waals surface area contributed by atoms with Gasteiger partial charge < -0.3 is 15.1 Å². The summed E-state index contributed by atoms with van der Waals surface area (Å²) in [5, 5.41) is 5.69. The number of nitrogens with zero attached hydrogens (tertiary/aromatic N) is 5. The van der Waals surface area contributed by atoms with Crippen molar-refractivity contribution in [2.75, 3.05) is 50.5 Å². The van der Waals surface area contributed by atoms with Gasteiger partial charge in [-0.2, -0.15) is 0 Å². The first-order chi connectivity index (χ1) is 16.0. The largest absolute Gasteiger partial charge is 0.354 e. The summed E-state index contributed by atoms with van der Waals surface area (Å²) in [6, 6.07) is 12.6. The molecule has 0 atom stereocenters. The number of aliphatic imine (C=N–C) groups is 1. The summed E-state index contributed by atoms with van der Waals surface area (Å²) in [5.41, 5.74) is 5.04. The molecule has 1 saturated heterocycles. The van der Waals surface area contributed by atoms with Crippen molar-refractivity contribution in [1.82, 2.24) is 14.9 Å². The monoisotopic (exact) mass is 440 g/mol. The maximum atomic E-state index is 4.77. The van der Waals surface area contributed by atoms with Gasteiger partial charge in [-0.1, -0.05) is 24.8 Å². The summed E-state index contributed by atoms with van der Waals surface area (Å²) >= 11 is 0. The maximum Gasteiger partial charge on any atom is 0.131 e. The van der Waals surface area contributed by atoms with Crippen molar-refractivity contribution in [2.45, 2.75) is 13.8 Å². The van der Waals surface area contributed by atoms with Crippen LogP contribution in [0, 0.1) is 6.92 Å². The number of allylic oxidation sites excluding steroid dienone is 2. The molecule has 6 heteroatoms. The molecule has 0 aliphatic carbocycles. The Balaban J connectivity index is 1.58. The van der Waals surface area contributed by atoms with Gasteiger partial charge in [0.25, 0.3) is 0 Å². The van der Waals surface area contributed by atoms with Gasteiger partial charge >= 0.3 is 0 Å². The highest BCUT2D eigenvalue weighted by Gasteiger charge is 2.16. The second-order valence-electron chi connectivity index (χ2n) is 8.46. The van der Waals surface area contributed by atoms with E-state index in [0.717, 1.165) is 76.7 Å². The zero-order valence-electron chi connectivity index (χ0n) is 20.0. The van der Waals surface area contributed by atoms with Crippen LogP contribution in [0.4, 0.5) is 11.6 Å². The molecular weight excluding hydrogens is 408 g/mol. The van der Waals surface area contributed by atoms with Gasteiger partial charge in [-0.15, -0.1) is 0 Å². The second kappa shape index (κ2) is 9.96. The summed E-state index contributed by atoms with van der Waals surface area (Å²) in [5.74, 6) is 1.78. The molecule has 170 valence electrons. The standard InChI is InChI=1S/C27H32N6/c1-6-21(18-28-4)23-7-8-25-20(3)31-26(16-24(25)15-23)30-19(2)22-9-10-29-27(17-22)33-13-11-32(5)12-14-33/h6-10,15-18H,2,11-14H2,1,3-5H3,(H,30,31)/b21-6+,28-18?. The molecule has 1 aliphatic heterocycles. The van der Waals surface area contributed by atoms with Gasteiger partial charge in [0, 0.05) is 68.0 Å². The maximum absolute atomic E-state index is 4.77. The van der Waals surface area contributed by atoms with Crippen LogP contribution in [0.25, 0.3) is 22.0 Å². The van der Waals surface area contributed by atoms with E-state index in [0.29, 0.717) is 0 Å². The van der Waals surface area contributed by atoms with E-state index in [1.54, 1.807) is 7.05 Å². The fourth-order valence-corrected chi connectivity index (χ4v) is 4.17. The Morgan fingerprint density at radius 1 is 1.09 bits per heavy atom. The number of anilines is 2. The minimum atomic E-state index is 0.784. The minimum Gasteiger partial charge on any atom is -0.354 e. The van der Waals surface area contributed by atoms with Gasteiger partial charge in [0.2, 0.25) is 0 Å². The molecule has 2 aromatic heterocycles. The van der Waals surface area contributed by atoms with E-state index in [9.17, 15) is 0 Å². The quantitative estimate of drug-likeness (QED) is 0.554. The third kappa shape index (κ3) is 5.12. The SMILES string of the molecule is C=C(Nc1cc2cc(/C(C=NC)=C/C)ccc2c(C)n1)c1ccnc(N2CCN(C)CC2)c1. The Hall–Kier alpha value is -3.51. The van der Waals surface area contributed by atoms with Crippen LogP contribution in [-0.4, -0.2) is 61.4 Å². The molecule has 1 N–H and O–H groups in total. The van der Waals surface area contributed by atoms with E-state index >= 15 is 0 Å². The van der Waals surface area contributed by atoms with E-state index in [-0.39, 0.29) is 0 Å². The lowest BCUT2D eigenvalue weighted by Gasteiger charge is -2.33. The molecule has 0 amide bonds. The lowest BCUT2D eigenvalue weighted by atomic mass is 10.0. The summed E-state index contributed by atoms with van der Waals surface area (Å²) in [4.78, 5) is 18.2. The topological polar surface area (TPSA) is 56.7 Å². The van der Waals surface area contributed by atoms with Crippen molar-refractivity contribution >= 4 is 39.9 Å².